The minimum absolute atomic E-state index is 0.0106. The average Bonchev–Trinajstić information content (AvgIpc) is 2.93. The Morgan fingerprint density at radius 1 is 1.11 bits per heavy atom. The van der Waals surface area contributed by atoms with Gasteiger partial charge in [-0.1, -0.05) is 30.9 Å². The molecule has 27 heavy (non-hydrogen) atoms. The maximum absolute atomic E-state index is 11.5. The Balaban J connectivity index is 1.62. The number of halogens is 1. The third-order valence-corrected chi connectivity index (χ3v) is 9.21. The molecule has 6 atom stereocenters. The van der Waals surface area contributed by atoms with Gasteiger partial charge in [0, 0.05) is 12.3 Å². The van der Waals surface area contributed by atoms with E-state index in [2.05, 4.69) is 32.1 Å². The van der Waals surface area contributed by atoms with Crippen LogP contribution in [0.1, 0.15) is 85.5 Å². The first-order valence-electron chi connectivity index (χ1n) is 10.7. The lowest BCUT2D eigenvalue weighted by atomic mass is 9.43. The number of hydrogen-bond donors (Lipinski definition) is 0. The van der Waals surface area contributed by atoms with Crippen molar-refractivity contribution >= 4 is 17.6 Å². The average molecular weight is 389 g/mol. The Labute approximate surface area is 169 Å². The second-order valence-corrected chi connectivity index (χ2v) is 10.5. The van der Waals surface area contributed by atoms with Crippen molar-refractivity contribution in [1.29, 1.82) is 0 Å². The van der Waals surface area contributed by atoms with Crippen molar-refractivity contribution in [2.75, 3.05) is 0 Å². The van der Waals surface area contributed by atoms with E-state index in [1.54, 1.807) is 18.1 Å². The first-order chi connectivity index (χ1) is 12.7. The van der Waals surface area contributed by atoms with Gasteiger partial charge in [0.25, 0.3) is 0 Å². The van der Waals surface area contributed by atoms with Gasteiger partial charge in [-0.2, -0.15) is 0 Å². The summed E-state index contributed by atoms with van der Waals surface area (Å²) in [6.45, 7) is 8.86. The van der Waals surface area contributed by atoms with Crippen molar-refractivity contribution in [3.8, 4) is 11.3 Å². The maximum Gasteiger partial charge on any atom is 0.302 e. The van der Waals surface area contributed by atoms with Crippen LogP contribution in [-0.4, -0.2) is 12.1 Å². The number of rotatable bonds is 1. The fraction of sp³-hybridized carbons (Fsp3) is 0.792. The molecule has 4 rings (SSSR count). The lowest BCUT2D eigenvalue weighted by Crippen LogP contribution is -2.55. The third kappa shape index (κ3) is 2.88. The topological polar surface area (TPSA) is 26.3 Å². The molecule has 0 amide bonds. The Hall–Kier alpha value is -0.940. The Bertz CT molecular complexity index is 743. The van der Waals surface area contributed by atoms with Gasteiger partial charge in [-0.15, -0.1) is 0 Å². The Kier molecular flexibility index (Phi) is 4.70. The van der Waals surface area contributed by atoms with Gasteiger partial charge >= 0.3 is 5.97 Å². The summed E-state index contributed by atoms with van der Waals surface area (Å²) < 4.78 is 5.63. The van der Waals surface area contributed by atoms with E-state index < -0.39 is 0 Å². The summed E-state index contributed by atoms with van der Waals surface area (Å²) in [7, 11) is 0. The lowest BCUT2D eigenvalue weighted by molar-refractivity contribution is -0.165. The first-order valence-corrected chi connectivity index (χ1v) is 11.1. The highest BCUT2D eigenvalue weighted by Crippen LogP contribution is 2.68. The molecule has 0 aromatic carbocycles. The van der Waals surface area contributed by atoms with E-state index in [4.69, 9.17) is 16.3 Å². The maximum atomic E-state index is 11.5. The lowest BCUT2D eigenvalue weighted by Gasteiger charge is -2.62. The number of allylic oxidation sites excluding steroid dienone is 2. The number of fused-ring (bicyclic) bond motifs is 4. The highest BCUT2D eigenvalue weighted by Gasteiger charge is 2.59. The van der Waals surface area contributed by atoms with Crippen LogP contribution in [0.15, 0.2) is 11.1 Å². The van der Waals surface area contributed by atoms with Gasteiger partial charge in [0.2, 0.25) is 0 Å². The van der Waals surface area contributed by atoms with Crippen LogP contribution < -0.4 is 0 Å². The molecule has 0 spiro atoms. The van der Waals surface area contributed by atoms with Crippen LogP contribution in [-0.2, 0) is 9.53 Å². The van der Waals surface area contributed by atoms with E-state index in [0.29, 0.717) is 5.41 Å². The molecule has 4 aliphatic carbocycles. The van der Waals surface area contributed by atoms with Gasteiger partial charge in [-0.05, 0) is 99.0 Å². The Morgan fingerprint density at radius 3 is 2.59 bits per heavy atom. The molecular weight excluding hydrogens is 356 g/mol. The molecule has 0 N–H and O–H groups in total. The van der Waals surface area contributed by atoms with Crippen LogP contribution >= 0.6 is 11.6 Å². The Morgan fingerprint density at radius 2 is 1.89 bits per heavy atom. The smallest absolute Gasteiger partial charge is 0.302 e. The van der Waals surface area contributed by atoms with Crippen LogP contribution in [0.3, 0.4) is 0 Å². The van der Waals surface area contributed by atoms with E-state index in [-0.39, 0.29) is 22.9 Å². The van der Waals surface area contributed by atoms with Gasteiger partial charge in [0.1, 0.15) is 6.10 Å². The molecule has 0 aliphatic heterocycles. The standard InChI is InChI=1S/C24H33ClO2/c1-16(26)27-17-7-12-24(4)21-6-5-20-18(8-10-22(20,2)13-14-25)19(21)9-11-23(24,3)15-17/h17,19,21H,5-12,15H2,1-4H3/t17?,19?,21?,22-,23-,24?/m0/s1. The summed E-state index contributed by atoms with van der Waals surface area (Å²) in [5, 5.41) is 2.68. The molecule has 2 nitrogen and oxygen atoms in total. The van der Waals surface area contributed by atoms with Crippen LogP contribution in [0.25, 0.3) is 0 Å². The van der Waals surface area contributed by atoms with E-state index in [9.17, 15) is 4.79 Å². The summed E-state index contributed by atoms with van der Waals surface area (Å²) in [5.41, 5.74) is 4.00. The minimum Gasteiger partial charge on any atom is -0.463 e. The van der Waals surface area contributed by atoms with Crippen LogP contribution in [0.4, 0.5) is 0 Å². The molecule has 0 aromatic rings. The molecule has 0 radical (unpaired) electrons. The van der Waals surface area contributed by atoms with Gasteiger partial charge in [0.15, 0.2) is 0 Å². The molecule has 148 valence electrons. The summed E-state index contributed by atoms with van der Waals surface area (Å²) in [6, 6.07) is 0. The fourth-order valence-electron chi connectivity index (χ4n) is 7.44. The first kappa shape index (κ1) is 19.4. The highest BCUT2D eigenvalue weighted by atomic mass is 35.5. The molecule has 0 aromatic heterocycles. The summed E-state index contributed by atoms with van der Waals surface area (Å²) in [5.74, 6) is 4.69. The van der Waals surface area contributed by atoms with E-state index >= 15 is 0 Å². The zero-order valence-electron chi connectivity index (χ0n) is 17.3. The molecule has 2 saturated carbocycles. The van der Waals surface area contributed by atoms with Crippen LogP contribution in [0, 0.1) is 39.4 Å². The molecule has 0 heterocycles. The van der Waals surface area contributed by atoms with Crippen LogP contribution in [0.2, 0.25) is 0 Å². The molecule has 4 unspecified atom stereocenters. The van der Waals surface area contributed by atoms with Crippen molar-refractivity contribution < 1.29 is 9.53 Å². The normalized spacial score (nSPS) is 45.9. The number of carbonyl (C=O) groups is 1. The molecule has 3 heteroatoms. The molecule has 0 saturated heterocycles. The summed E-state index contributed by atoms with van der Waals surface area (Å²) >= 11 is 5.80. The van der Waals surface area contributed by atoms with Crippen molar-refractivity contribution in [2.24, 2.45) is 28.1 Å². The number of ether oxygens (including phenoxy) is 1. The molecule has 0 bridgehead atoms. The number of hydrogen-bond acceptors (Lipinski definition) is 2. The van der Waals surface area contributed by atoms with E-state index in [1.165, 1.54) is 38.5 Å². The largest absolute Gasteiger partial charge is 0.463 e. The van der Waals surface area contributed by atoms with Gasteiger partial charge in [0.05, 0.1) is 5.41 Å². The highest BCUT2D eigenvalue weighted by molar-refractivity contribution is 6.30. The molecular formula is C24H33ClO2. The minimum atomic E-state index is -0.126. The molecule has 4 aliphatic rings. The van der Waals surface area contributed by atoms with Crippen LogP contribution in [0.5, 0.6) is 0 Å². The second kappa shape index (κ2) is 6.55. The summed E-state index contributed by atoms with van der Waals surface area (Å²) in [6.07, 6.45) is 10.7. The SMILES string of the molecule is CC(=O)OC1CCC2(C)C3CCC4=C(CC[C@@]4(C)C#CCl)C3CC[C@@]2(C)C1. The van der Waals surface area contributed by atoms with Crippen molar-refractivity contribution in [3.05, 3.63) is 11.1 Å². The van der Waals surface area contributed by atoms with E-state index in [0.717, 1.165) is 31.1 Å². The van der Waals surface area contributed by atoms with Crippen molar-refractivity contribution in [2.45, 2.75) is 91.6 Å². The zero-order valence-corrected chi connectivity index (χ0v) is 18.0. The van der Waals surface area contributed by atoms with E-state index in [1.807, 2.05) is 0 Å². The quantitative estimate of drug-likeness (QED) is 0.302. The number of esters is 1. The van der Waals surface area contributed by atoms with Gasteiger partial charge in [-0.25, -0.2) is 0 Å². The van der Waals surface area contributed by atoms with Crippen molar-refractivity contribution in [3.63, 3.8) is 0 Å². The fourth-order valence-corrected chi connectivity index (χ4v) is 7.65. The predicted octanol–water partition coefficient (Wildman–Crippen LogP) is 6.23. The van der Waals surface area contributed by atoms with Crippen molar-refractivity contribution in [1.82, 2.24) is 0 Å². The van der Waals surface area contributed by atoms with Gasteiger partial charge < -0.3 is 4.74 Å². The predicted molar refractivity (Wildman–Crippen MR) is 109 cm³/mol. The zero-order chi connectivity index (χ0) is 19.4. The third-order valence-electron chi connectivity index (χ3n) is 9.11. The monoisotopic (exact) mass is 388 g/mol. The van der Waals surface area contributed by atoms with Gasteiger partial charge in [-0.3, -0.25) is 4.79 Å². The summed E-state index contributed by atoms with van der Waals surface area (Å²) in [4.78, 5) is 11.5. The second-order valence-electron chi connectivity index (χ2n) is 10.3. The number of carbonyl (C=O) groups excluding carboxylic acids is 1. The molecule has 2 fully saturated rings.